The molecule has 2 aromatic rings. The normalized spacial score (nSPS) is 24.0. The second-order valence-electron chi connectivity index (χ2n) is 6.80. The number of amides is 1. The molecule has 5 nitrogen and oxygen atoms in total. The predicted octanol–water partition coefficient (Wildman–Crippen LogP) is 2.52. The maximum Gasteiger partial charge on any atom is 0.223 e. The quantitative estimate of drug-likeness (QED) is 0.860. The molecular weight excluding hydrogens is 320 g/mol. The van der Waals surface area contributed by atoms with Crippen molar-refractivity contribution in [2.45, 2.75) is 37.3 Å². The first kappa shape index (κ1) is 15.7. The molecule has 1 atom stereocenters. The molecule has 0 saturated carbocycles. The number of piperidine rings is 1. The van der Waals surface area contributed by atoms with Crippen LogP contribution in [0.4, 0.5) is 0 Å². The van der Waals surface area contributed by atoms with Gasteiger partial charge in [-0.15, -0.1) is 11.3 Å². The molecule has 6 heteroatoms. The van der Waals surface area contributed by atoms with E-state index in [1.165, 1.54) is 10.6 Å². The molecule has 2 aliphatic rings. The van der Waals surface area contributed by atoms with E-state index >= 15 is 0 Å². The van der Waals surface area contributed by atoms with Gasteiger partial charge >= 0.3 is 0 Å². The summed E-state index contributed by atoms with van der Waals surface area (Å²) in [6.07, 6.45) is 8.20. The van der Waals surface area contributed by atoms with Gasteiger partial charge < -0.3 is 4.90 Å². The van der Waals surface area contributed by atoms with Gasteiger partial charge in [0.15, 0.2) is 0 Å². The minimum Gasteiger partial charge on any atom is -0.339 e. The Labute approximate surface area is 146 Å². The van der Waals surface area contributed by atoms with E-state index in [2.05, 4.69) is 27.0 Å². The third-order valence-corrected chi connectivity index (χ3v) is 6.51. The molecular formula is C18H22N4OS. The Balaban J connectivity index is 1.53. The highest BCUT2D eigenvalue weighted by Crippen LogP contribution is 2.48. The van der Waals surface area contributed by atoms with Crippen LogP contribution in [-0.4, -0.2) is 51.4 Å². The number of pyridine rings is 1. The summed E-state index contributed by atoms with van der Waals surface area (Å²) in [5, 5.41) is 3.21. The topological polar surface area (TPSA) is 49.3 Å². The number of thiazole rings is 1. The van der Waals surface area contributed by atoms with E-state index in [1.54, 1.807) is 11.3 Å². The van der Waals surface area contributed by atoms with Gasteiger partial charge in [-0.3, -0.25) is 14.7 Å². The van der Waals surface area contributed by atoms with Gasteiger partial charge in [-0.25, -0.2) is 4.98 Å². The second-order valence-corrected chi connectivity index (χ2v) is 7.77. The van der Waals surface area contributed by atoms with Crippen molar-refractivity contribution in [2.24, 2.45) is 0 Å². The molecule has 4 heterocycles. The molecule has 2 fully saturated rings. The van der Waals surface area contributed by atoms with Gasteiger partial charge in [0, 0.05) is 56.4 Å². The number of carbonyl (C=O) groups excluding carboxylic acids is 1. The van der Waals surface area contributed by atoms with Crippen molar-refractivity contribution in [1.29, 1.82) is 0 Å². The second kappa shape index (κ2) is 6.26. The van der Waals surface area contributed by atoms with Crippen LogP contribution < -0.4 is 0 Å². The third-order valence-electron chi connectivity index (χ3n) is 5.74. The van der Waals surface area contributed by atoms with Crippen molar-refractivity contribution in [2.75, 3.05) is 20.1 Å². The van der Waals surface area contributed by atoms with Crippen LogP contribution in [-0.2, 0) is 11.3 Å². The van der Waals surface area contributed by atoms with Crippen LogP contribution in [0.5, 0.6) is 0 Å². The molecule has 0 aliphatic carbocycles. The van der Waals surface area contributed by atoms with Crippen molar-refractivity contribution in [1.82, 2.24) is 19.8 Å². The van der Waals surface area contributed by atoms with Crippen molar-refractivity contribution in [3.8, 4) is 0 Å². The Hall–Kier alpha value is -1.79. The SMILES string of the molecule is CN1C(=O)CC(c2ccncc2)C12CCN(Cc1nccs1)CC2. The number of likely N-dealkylation sites (tertiary alicyclic amines) is 2. The number of likely N-dealkylation sites (N-methyl/N-ethyl adjacent to an activating group) is 1. The molecule has 0 N–H and O–H groups in total. The number of rotatable bonds is 3. The summed E-state index contributed by atoms with van der Waals surface area (Å²) in [6.45, 7) is 2.95. The molecule has 24 heavy (non-hydrogen) atoms. The largest absolute Gasteiger partial charge is 0.339 e. The van der Waals surface area contributed by atoms with Crippen molar-refractivity contribution >= 4 is 17.2 Å². The Morgan fingerprint density at radius 3 is 2.67 bits per heavy atom. The van der Waals surface area contributed by atoms with Crippen LogP contribution in [0.15, 0.2) is 36.1 Å². The van der Waals surface area contributed by atoms with Crippen molar-refractivity contribution < 1.29 is 4.79 Å². The standard InChI is InChI=1S/C18H22N4OS/c1-21-17(23)12-15(14-2-6-19-7-3-14)18(21)4-9-22(10-5-18)13-16-20-8-11-24-16/h2-3,6-8,11,15H,4-5,9-10,12-13H2,1H3. The molecule has 0 radical (unpaired) electrons. The van der Waals surface area contributed by atoms with Crippen LogP contribution in [0.2, 0.25) is 0 Å². The van der Waals surface area contributed by atoms with Crippen LogP contribution in [0.3, 0.4) is 0 Å². The van der Waals surface area contributed by atoms with Gasteiger partial charge in [-0.2, -0.15) is 0 Å². The first-order valence-corrected chi connectivity index (χ1v) is 9.34. The van der Waals surface area contributed by atoms with Gasteiger partial charge in [0.2, 0.25) is 5.91 Å². The van der Waals surface area contributed by atoms with E-state index in [9.17, 15) is 4.79 Å². The van der Waals surface area contributed by atoms with E-state index in [0.717, 1.165) is 32.5 Å². The molecule has 2 saturated heterocycles. The Bertz CT molecular complexity index is 695. The lowest BCUT2D eigenvalue weighted by Gasteiger charge is -2.46. The molecule has 1 spiro atoms. The highest BCUT2D eigenvalue weighted by molar-refractivity contribution is 7.09. The monoisotopic (exact) mass is 342 g/mol. The molecule has 2 aromatic heterocycles. The summed E-state index contributed by atoms with van der Waals surface area (Å²) >= 11 is 1.71. The molecule has 1 unspecified atom stereocenters. The Kier molecular flexibility index (Phi) is 4.10. The minimum atomic E-state index is -0.0438. The first-order chi connectivity index (χ1) is 11.7. The van der Waals surface area contributed by atoms with E-state index in [0.29, 0.717) is 6.42 Å². The highest BCUT2D eigenvalue weighted by atomic mass is 32.1. The Morgan fingerprint density at radius 1 is 1.25 bits per heavy atom. The lowest BCUT2D eigenvalue weighted by Crippen LogP contribution is -2.53. The first-order valence-electron chi connectivity index (χ1n) is 8.46. The zero-order valence-corrected chi connectivity index (χ0v) is 14.7. The lowest BCUT2D eigenvalue weighted by atomic mass is 9.74. The zero-order chi connectivity index (χ0) is 16.6. The number of hydrogen-bond donors (Lipinski definition) is 0. The summed E-state index contributed by atoms with van der Waals surface area (Å²) < 4.78 is 0. The van der Waals surface area contributed by atoms with Gasteiger partial charge in [0.25, 0.3) is 0 Å². The molecule has 0 aromatic carbocycles. The van der Waals surface area contributed by atoms with Gasteiger partial charge in [0.1, 0.15) is 5.01 Å². The molecule has 0 bridgehead atoms. The molecule has 4 rings (SSSR count). The van der Waals surface area contributed by atoms with Gasteiger partial charge in [-0.05, 0) is 30.5 Å². The number of nitrogens with zero attached hydrogens (tertiary/aromatic N) is 4. The summed E-state index contributed by atoms with van der Waals surface area (Å²) in [5.74, 6) is 0.546. The van der Waals surface area contributed by atoms with Crippen molar-refractivity contribution in [3.05, 3.63) is 46.7 Å². The van der Waals surface area contributed by atoms with E-state index in [4.69, 9.17) is 0 Å². The van der Waals surface area contributed by atoms with E-state index in [-0.39, 0.29) is 17.4 Å². The van der Waals surface area contributed by atoms with Crippen LogP contribution in [0, 0.1) is 0 Å². The zero-order valence-electron chi connectivity index (χ0n) is 13.9. The molecule has 1 amide bonds. The predicted molar refractivity (Wildman–Crippen MR) is 93.7 cm³/mol. The van der Waals surface area contributed by atoms with E-state index < -0.39 is 0 Å². The Morgan fingerprint density at radius 2 is 2.00 bits per heavy atom. The number of aromatic nitrogens is 2. The lowest BCUT2D eigenvalue weighted by molar-refractivity contribution is -0.130. The fourth-order valence-corrected chi connectivity index (χ4v) is 4.97. The van der Waals surface area contributed by atoms with E-state index in [1.807, 2.05) is 35.9 Å². The third kappa shape index (κ3) is 2.63. The fraction of sp³-hybridized carbons (Fsp3) is 0.500. The van der Waals surface area contributed by atoms with Crippen LogP contribution in [0.1, 0.15) is 35.8 Å². The summed E-state index contributed by atoms with van der Waals surface area (Å²) in [5.41, 5.74) is 1.20. The smallest absolute Gasteiger partial charge is 0.223 e. The van der Waals surface area contributed by atoms with Crippen molar-refractivity contribution in [3.63, 3.8) is 0 Å². The molecule has 2 aliphatic heterocycles. The van der Waals surface area contributed by atoms with Crippen LogP contribution in [0.25, 0.3) is 0 Å². The average Bonchev–Trinajstić information content (AvgIpc) is 3.21. The minimum absolute atomic E-state index is 0.0438. The highest BCUT2D eigenvalue weighted by Gasteiger charge is 2.52. The van der Waals surface area contributed by atoms with Gasteiger partial charge in [0.05, 0.1) is 12.1 Å². The van der Waals surface area contributed by atoms with Gasteiger partial charge in [-0.1, -0.05) is 0 Å². The fourth-order valence-electron chi connectivity index (χ4n) is 4.31. The van der Waals surface area contributed by atoms with Crippen LogP contribution >= 0.6 is 11.3 Å². The number of hydrogen-bond acceptors (Lipinski definition) is 5. The molecule has 126 valence electrons. The summed E-state index contributed by atoms with van der Waals surface area (Å²) in [4.78, 5) is 25.5. The summed E-state index contributed by atoms with van der Waals surface area (Å²) in [7, 11) is 1.99. The summed E-state index contributed by atoms with van der Waals surface area (Å²) in [6, 6.07) is 4.14. The average molecular weight is 342 g/mol. The maximum absolute atomic E-state index is 12.5. The number of carbonyl (C=O) groups is 1. The maximum atomic E-state index is 12.5.